The van der Waals surface area contributed by atoms with Crippen molar-refractivity contribution in [2.75, 3.05) is 11.4 Å². The largest absolute Gasteiger partial charge is 0.308 e. The van der Waals surface area contributed by atoms with Crippen LogP contribution in [-0.2, 0) is 0 Å². The monoisotopic (exact) mass is 272 g/mol. The third-order valence-corrected chi connectivity index (χ3v) is 3.02. The molecule has 0 atom stereocenters. The number of carbonyl (C=O) groups excluding carboxylic acids is 1. The summed E-state index contributed by atoms with van der Waals surface area (Å²) in [7, 11) is 0. The molecule has 1 aromatic heterocycles. The number of hydrogen-bond acceptors (Lipinski definition) is 2. The normalized spacial score (nSPS) is 10.3. The molecule has 2 aromatic rings. The van der Waals surface area contributed by atoms with E-state index in [4.69, 9.17) is 0 Å². The van der Waals surface area contributed by atoms with E-state index in [1.807, 2.05) is 30.3 Å². The summed E-state index contributed by atoms with van der Waals surface area (Å²) in [5.74, 6) is -0.737. The molecular formula is C16H17FN2O. The van der Waals surface area contributed by atoms with Gasteiger partial charge in [0, 0.05) is 18.4 Å². The zero-order valence-electron chi connectivity index (χ0n) is 11.4. The Labute approximate surface area is 118 Å². The first-order valence-electron chi connectivity index (χ1n) is 6.71. The molecule has 0 spiro atoms. The average molecular weight is 272 g/mol. The zero-order chi connectivity index (χ0) is 14.4. The van der Waals surface area contributed by atoms with Gasteiger partial charge in [-0.3, -0.25) is 4.79 Å². The molecule has 0 aliphatic rings. The molecule has 0 aliphatic heterocycles. The van der Waals surface area contributed by atoms with Crippen LogP contribution < -0.4 is 4.90 Å². The van der Waals surface area contributed by atoms with E-state index in [0.29, 0.717) is 12.1 Å². The number of aromatic nitrogens is 1. The number of unbranched alkanes of at least 4 members (excludes halogenated alkanes) is 1. The smallest absolute Gasteiger partial charge is 0.259 e. The van der Waals surface area contributed by atoms with E-state index in [0.717, 1.165) is 18.5 Å². The van der Waals surface area contributed by atoms with Gasteiger partial charge in [-0.2, -0.15) is 4.39 Å². The Hall–Kier alpha value is -2.23. The summed E-state index contributed by atoms with van der Waals surface area (Å²) < 4.78 is 12.8. The maximum Gasteiger partial charge on any atom is 0.259 e. The molecule has 4 heteroatoms. The minimum atomic E-state index is -0.582. The Balaban J connectivity index is 2.26. The molecule has 3 nitrogen and oxygen atoms in total. The van der Waals surface area contributed by atoms with E-state index in [1.54, 1.807) is 4.90 Å². The number of benzene rings is 1. The summed E-state index contributed by atoms with van der Waals surface area (Å²) in [5, 5.41) is 0. The number of amides is 1. The van der Waals surface area contributed by atoms with Gasteiger partial charge in [-0.15, -0.1) is 0 Å². The molecule has 0 saturated heterocycles. The molecule has 0 unspecified atom stereocenters. The summed E-state index contributed by atoms with van der Waals surface area (Å²) in [4.78, 5) is 17.8. The van der Waals surface area contributed by atoms with E-state index < -0.39 is 5.95 Å². The molecular weight excluding hydrogens is 255 g/mol. The molecule has 1 aromatic carbocycles. The van der Waals surface area contributed by atoms with Gasteiger partial charge in [0.15, 0.2) is 0 Å². The number of halogens is 1. The summed E-state index contributed by atoms with van der Waals surface area (Å²) in [6.45, 7) is 2.71. The minimum absolute atomic E-state index is 0.155. The summed E-state index contributed by atoms with van der Waals surface area (Å²) in [6, 6.07) is 12.2. The SMILES string of the molecule is CCCCN(C(=O)c1ccc(F)nc1)c1ccccc1. The fourth-order valence-corrected chi connectivity index (χ4v) is 1.93. The first-order chi connectivity index (χ1) is 9.72. The third-order valence-electron chi connectivity index (χ3n) is 3.02. The van der Waals surface area contributed by atoms with Gasteiger partial charge in [-0.25, -0.2) is 4.98 Å². The van der Waals surface area contributed by atoms with Gasteiger partial charge in [0.2, 0.25) is 5.95 Å². The van der Waals surface area contributed by atoms with Crippen molar-refractivity contribution in [1.82, 2.24) is 4.98 Å². The van der Waals surface area contributed by atoms with Crippen LogP contribution in [0.3, 0.4) is 0 Å². The van der Waals surface area contributed by atoms with Crippen molar-refractivity contribution in [2.45, 2.75) is 19.8 Å². The second-order valence-corrected chi connectivity index (χ2v) is 4.52. The van der Waals surface area contributed by atoms with E-state index >= 15 is 0 Å². The minimum Gasteiger partial charge on any atom is -0.308 e. The standard InChI is InChI=1S/C16H17FN2O/c1-2-3-11-19(14-7-5-4-6-8-14)16(20)13-9-10-15(17)18-12-13/h4-10,12H,2-3,11H2,1H3. The number of anilines is 1. The van der Waals surface area contributed by atoms with E-state index in [-0.39, 0.29) is 5.91 Å². The Kier molecular flexibility index (Phi) is 4.82. The fourth-order valence-electron chi connectivity index (χ4n) is 1.93. The lowest BCUT2D eigenvalue weighted by Gasteiger charge is -2.22. The maximum absolute atomic E-state index is 12.8. The summed E-state index contributed by atoms with van der Waals surface area (Å²) in [5.41, 5.74) is 1.24. The van der Waals surface area contributed by atoms with Crippen molar-refractivity contribution in [1.29, 1.82) is 0 Å². The molecule has 2 rings (SSSR count). The van der Waals surface area contributed by atoms with E-state index in [9.17, 15) is 9.18 Å². The number of carbonyl (C=O) groups is 1. The molecule has 0 saturated carbocycles. The number of para-hydroxylation sites is 1. The zero-order valence-corrected chi connectivity index (χ0v) is 11.4. The summed E-state index contributed by atoms with van der Waals surface area (Å²) in [6.07, 6.45) is 3.19. The van der Waals surface area contributed by atoms with Crippen molar-refractivity contribution in [2.24, 2.45) is 0 Å². The van der Waals surface area contributed by atoms with Gasteiger partial charge in [-0.1, -0.05) is 31.5 Å². The van der Waals surface area contributed by atoms with Crippen LogP contribution >= 0.6 is 0 Å². The highest BCUT2D eigenvalue weighted by Crippen LogP contribution is 2.17. The van der Waals surface area contributed by atoms with Crippen LogP contribution in [0.15, 0.2) is 48.7 Å². The molecule has 0 N–H and O–H groups in total. The quantitative estimate of drug-likeness (QED) is 0.778. The van der Waals surface area contributed by atoms with E-state index in [2.05, 4.69) is 11.9 Å². The third kappa shape index (κ3) is 3.41. The predicted octanol–water partition coefficient (Wildman–Crippen LogP) is 3.67. The average Bonchev–Trinajstić information content (AvgIpc) is 2.49. The Morgan fingerprint density at radius 3 is 2.55 bits per heavy atom. The highest BCUT2D eigenvalue weighted by atomic mass is 19.1. The van der Waals surface area contributed by atoms with Crippen LogP contribution in [0.2, 0.25) is 0 Å². The Bertz CT molecular complexity index is 554. The van der Waals surface area contributed by atoms with Gasteiger partial charge < -0.3 is 4.90 Å². The van der Waals surface area contributed by atoms with Crippen molar-refractivity contribution >= 4 is 11.6 Å². The molecule has 0 aliphatic carbocycles. The molecule has 1 amide bonds. The summed E-state index contributed by atoms with van der Waals surface area (Å²) >= 11 is 0. The Morgan fingerprint density at radius 1 is 1.20 bits per heavy atom. The predicted molar refractivity (Wildman–Crippen MR) is 77.2 cm³/mol. The van der Waals surface area contributed by atoms with Gasteiger partial charge in [0.1, 0.15) is 0 Å². The fraction of sp³-hybridized carbons (Fsp3) is 0.250. The highest BCUT2D eigenvalue weighted by molar-refractivity contribution is 6.05. The van der Waals surface area contributed by atoms with Gasteiger partial charge >= 0.3 is 0 Å². The van der Waals surface area contributed by atoms with Gasteiger partial charge in [0.25, 0.3) is 5.91 Å². The molecule has 0 radical (unpaired) electrons. The number of rotatable bonds is 5. The molecule has 20 heavy (non-hydrogen) atoms. The number of nitrogens with zero attached hydrogens (tertiary/aromatic N) is 2. The van der Waals surface area contributed by atoms with Crippen LogP contribution in [0.5, 0.6) is 0 Å². The lowest BCUT2D eigenvalue weighted by Crippen LogP contribution is -2.32. The molecule has 0 fully saturated rings. The van der Waals surface area contributed by atoms with Gasteiger partial charge in [-0.05, 0) is 30.7 Å². The lowest BCUT2D eigenvalue weighted by molar-refractivity contribution is 0.0986. The molecule has 104 valence electrons. The van der Waals surface area contributed by atoms with Crippen LogP contribution in [0.25, 0.3) is 0 Å². The number of pyridine rings is 1. The van der Waals surface area contributed by atoms with Crippen molar-refractivity contribution in [3.8, 4) is 0 Å². The van der Waals surface area contributed by atoms with Crippen LogP contribution in [0, 0.1) is 5.95 Å². The van der Waals surface area contributed by atoms with Crippen LogP contribution in [0.4, 0.5) is 10.1 Å². The topological polar surface area (TPSA) is 33.2 Å². The first-order valence-corrected chi connectivity index (χ1v) is 6.71. The second kappa shape index (κ2) is 6.80. The number of hydrogen-bond donors (Lipinski definition) is 0. The molecule has 1 heterocycles. The maximum atomic E-state index is 12.8. The highest BCUT2D eigenvalue weighted by Gasteiger charge is 2.17. The lowest BCUT2D eigenvalue weighted by atomic mass is 10.2. The van der Waals surface area contributed by atoms with Crippen molar-refractivity contribution in [3.63, 3.8) is 0 Å². The first kappa shape index (κ1) is 14.2. The van der Waals surface area contributed by atoms with Crippen LogP contribution in [-0.4, -0.2) is 17.4 Å². The molecule has 0 bridgehead atoms. The second-order valence-electron chi connectivity index (χ2n) is 4.52. The van der Waals surface area contributed by atoms with E-state index in [1.165, 1.54) is 18.3 Å². The van der Waals surface area contributed by atoms with Crippen LogP contribution in [0.1, 0.15) is 30.1 Å². The van der Waals surface area contributed by atoms with Crippen molar-refractivity contribution in [3.05, 3.63) is 60.2 Å². The van der Waals surface area contributed by atoms with Gasteiger partial charge in [0.05, 0.1) is 5.56 Å². The van der Waals surface area contributed by atoms with Crippen molar-refractivity contribution < 1.29 is 9.18 Å². The Morgan fingerprint density at radius 2 is 1.95 bits per heavy atom.